The van der Waals surface area contributed by atoms with E-state index in [2.05, 4.69) is 48.0 Å². The maximum atomic E-state index is 13.0. The van der Waals surface area contributed by atoms with Crippen molar-refractivity contribution < 1.29 is 9.36 Å². The van der Waals surface area contributed by atoms with E-state index in [9.17, 15) is 4.79 Å². The summed E-state index contributed by atoms with van der Waals surface area (Å²) in [5, 5.41) is 3.42. The van der Waals surface area contributed by atoms with E-state index < -0.39 is 0 Å². The molecule has 1 atom stereocenters. The highest BCUT2D eigenvalue weighted by atomic mass is 16.1. The van der Waals surface area contributed by atoms with Gasteiger partial charge in [-0.2, -0.15) is 0 Å². The van der Waals surface area contributed by atoms with Crippen LogP contribution < -0.4 is 9.88 Å². The summed E-state index contributed by atoms with van der Waals surface area (Å²) in [6.07, 6.45) is 0. The maximum Gasteiger partial charge on any atom is 0.274 e. The Labute approximate surface area is 154 Å². The van der Waals surface area contributed by atoms with Crippen LogP contribution in [0, 0.1) is 19.8 Å². The second kappa shape index (κ2) is 6.75. The Morgan fingerprint density at radius 2 is 1.65 bits per heavy atom. The summed E-state index contributed by atoms with van der Waals surface area (Å²) in [6, 6.07) is 22.5. The van der Waals surface area contributed by atoms with Crippen molar-refractivity contribution >= 4 is 11.6 Å². The topological polar surface area (TPSA) is 33.0 Å². The van der Waals surface area contributed by atoms with Crippen LogP contribution in [0.4, 0.5) is 5.82 Å². The first-order chi connectivity index (χ1) is 12.6. The Kier molecular flexibility index (Phi) is 4.29. The second-order valence-corrected chi connectivity index (χ2v) is 7.06. The molecule has 2 aromatic carbocycles. The average molecular weight is 343 g/mol. The van der Waals surface area contributed by atoms with Crippen molar-refractivity contribution in [3.8, 4) is 11.1 Å². The number of hydrogen-bond donors (Lipinski definition) is 1. The summed E-state index contributed by atoms with van der Waals surface area (Å²) in [7, 11) is 0. The second-order valence-electron chi connectivity index (χ2n) is 7.06. The molecule has 3 nitrogen and oxygen atoms in total. The fraction of sp³-hybridized carbons (Fsp3) is 0.217. The summed E-state index contributed by atoms with van der Waals surface area (Å²) >= 11 is 0. The van der Waals surface area contributed by atoms with Gasteiger partial charge in [-0.1, -0.05) is 54.6 Å². The standard InChI is InChI=1S/C23H22N2O/c1-16-12-17(2)25-15-21(14-24-22(25)13-16)23(26)20-10-8-19(9-11-20)18-6-4-3-5-7-18/h3-13,21H,14-15H2,1-2H3/p+1. The summed E-state index contributed by atoms with van der Waals surface area (Å²) in [5.41, 5.74) is 5.51. The first kappa shape index (κ1) is 16.5. The number of aromatic nitrogens is 1. The van der Waals surface area contributed by atoms with Gasteiger partial charge in [-0.3, -0.25) is 10.1 Å². The molecule has 0 fully saturated rings. The van der Waals surface area contributed by atoms with Gasteiger partial charge in [-0.05, 0) is 36.6 Å². The molecule has 1 N–H and O–H groups in total. The molecule has 2 heterocycles. The van der Waals surface area contributed by atoms with Crippen LogP contribution in [0.25, 0.3) is 11.1 Å². The highest BCUT2D eigenvalue weighted by Crippen LogP contribution is 2.22. The molecule has 0 spiro atoms. The minimum atomic E-state index is -0.0449. The lowest BCUT2D eigenvalue weighted by Crippen LogP contribution is -2.51. The minimum absolute atomic E-state index is 0.0449. The number of pyridine rings is 1. The smallest absolute Gasteiger partial charge is 0.274 e. The summed E-state index contributed by atoms with van der Waals surface area (Å²) < 4.78 is 2.21. The molecule has 0 saturated heterocycles. The number of rotatable bonds is 3. The molecule has 4 rings (SSSR count). The first-order valence-corrected chi connectivity index (χ1v) is 9.06. The Hall–Kier alpha value is -2.94. The molecule has 0 saturated carbocycles. The Bertz CT molecular complexity index is 946. The molecule has 3 heteroatoms. The molecule has 0 bridgehead atoms. The van der Waals surface area contributed by atoms with Crippen LogP contribution in [0.5, 0.6) is 0 Å². The number of nitrogens with one attached hydrogen (secondary N) is 1. The number of benzene rings is 2. The SMILES string of the molecule is Cc1cc(C)[n+]2c(c1)NCC(C(=O)c1ccc(-c3ccccc3)cc1)C2. The number of anilines is 1. The molecular weight excluding hydrogens is 320 g/mol. The fourth-order valence-corrected chi connectivity index (χ4v) is 3.70. The van der Waals surface area contributed by atoms with Crippen molar-refractivity contribution in [2.24, 2.45) is 5.92 Å². The van der Waals surface area contributed by atoms with Crippen LogP contribution in [0.15, 0.2) is 66.7 Å². The molecule has 0 amide bonds. The number of nitrogens with zero attached hydrogens (tertiary/aromatic N) is 1. The van der Waals surface area contributed by atoms with Crippen molar-refractivity contribution in [1.82, 2.24) is 0 Å². The van der Waals surface area contributed by atoms with Crippen LogP contribution in [0.3, 0.4) is 0 Å². The van der Waals surface area contributed by atoms with E-state index in [1.807, 2.05) is 42.5 Å². The number of hydrogen-bond acceptors (Lipinski definition) is 2. The van der Waals surface area contributed by atoms with Gasteiger partial charge in [0.15, 0.2) is 5.78 Å². The Morgan fingerprint density at radius 1 is 0.962 bits per heavy atom. The zero-order chi connectivity index (χ0) is 18.1. The zero-order valence-corrected chi connectivity index (χ0v) is 15.2. The van der Waals surface area contributed by atoms with E-state index in [1.165, 1.54) is 16.8 Å². The third-order valence-corrected chi connectivity index (χ3v) is 5.10. The lowest BCUT2D eigenvalue weighted by Gasteiger charge is -2.22. The van der Waals surface area contributed by atoms with Crippen LogP contribution in [-0.4, -0.2) is 12.3 Å². The van der Waals surface area contributed by atoms with E-state index in [4.69, 9.17) is 0 Å². The third-order valence-electron chi connectivity index (χ3n) is 5.10. The molecule has 1 aliphatic heterocycles. The van der Waals surface area contributed by atoms with Crippen molar-refractivity contribution in [2.45, 2.75) is 20.4 Å². The highest BCUT2D eigenvalue weighted by Gasteiger charge is 2.31. The zero-order valence-electron chi connectivity index (χ0n) is 15.2. The molecule has 1 unspecified atom stereocenters. The predicted molar refractivity (Wildman–Crippen MR) is 104 cm³/mol. The minimum Gasteiger partial charge on any atom is -0.294 e. The van der Waals surface area contributed by atoms with Crippen molar-refractivity contribution in [2.75, 3.05) is 11.9 Å². The van der Waals surface area contributed by atoms with Gasteiger partial charge in [-0.15, -0.1) is 0 Å². The van der Waals surface area contributed by atoms with Gasteiger partial charge < -0.3 is 0 Å². The molecule has 1 aliphatic rings. The van der Waals surface area contributed by atoms with Crippen LogP contribution in [0.2, 0.25) is 0 Å². The maximum absolute atomic E-state index is 13.0. The molecular formula is C23H23N2O+. The molecule has 1 aromatic heterocycles. The number of ketones is 1. The van der Waals surface area contributed by atoms with Gasteiger partial charge in [0.05, 0.1) is 12.5 Å². The molecule has 0 aliphatic carbocycles. The van der Waals surface area contributed by atoms with Crippen molar-refractivity contribution in [3.63, 3.8) is 0 Å². The van der Waals surface area contributed by atoms with Crippen LogP contribution >= 0.6 is 0 Å². The van der Waals surface area contributed by atoms with Gasteiger partial charge in [0.1, 0.15) is 12.2 Å². The summed E-state index contributed by atoms with van der Waals surface area (Å²) in [6.45, 7) is 5.61. The average Bonchev–Trinajstić information content (AvgIpc) is 2.68. The quantitative estimate of drug-likeness (QED) is 0.571. The number of aryl methyl sites for hydroxylation is 2. The summed E-state index contributed by atoms with van der Waals surface area (Å²) in [5.74, 6) is 1.26. The summed E-state index contributed by atoms with van der Waals surface area (Å²) in [4.78, 5) is 13.0. The lowest BCUT2D eigenvalue weighted by atomic mass is 9.94. The highest BCUT2D eigenvalue weighted by molar-refractivity contribution is 5.98. The largest absolute Gasteiger partial charge is 0.294 e. The van der Waals surface area contributed by atoms with Crippen molar-refractivity contribution in [3.05, 3.63) is 83.6 Å². The predicted octanol–water partition coefficient (Wildman–Crippen LogP) is 4.18. The first-order valence-electron chi connectivity index (χ1n) is 9.06. The van der Waals surface area contributed by atoms with Crippen LogP contribution in [-0.2, 0) is 6.54 Å². The Morgan fingerprint density at radius 3 is 2.38 bits per heavy atom. The van der Waals surface area contributed by atoms with E-state index in [1.54, 1.807) is 0 Å². The molecule has 130 valence electrons. The van der Waals surface area contributed by atoms with Gasteiger partial charge in [-0.25, -0.2) is 4.57 Å². The van der Waals surface area contributed by atoms with Gasteiger partial charge >= 0.3 is 0 Å². The number of Topliss-reactive ketones (excluding diaryl/α,β-unsaturated/α-hetero) is 1. The van der Waals surface area contributed by atoms with Gasteiger partial charge in [0.2, 0.25) is 0 Å². The Balaban J connectivity index is 1.55. The van der Waals surface area contributed by atoms with E-state index >= 15 is 0 Å². The number of carbonyl (C=O) groups excluding carboxylic acids is 1. The fourth-order valence-electron chi connectivity index (χ4n) is 3.70. The monoisotopic (exact) mass is 343 g/mol. The molecule has 0 radical (unpaired) electrons. The van der Waals surface area contributed by atoms with E-state index in [0.29, 0.717) is 6.54 Å². The molecule has 26 heavy (non-hydrogen) atoms. The third kappa shape index (κ3) is 3.13. The van der Waals surface area contributed by atoms with Gasteiger partial charge in [0.25, 0.3) is 5.82 Å². The normalized spacial score (nSPS) is 15.8. The number of fused-ring (bicyclic) bond motifs is 1. The van der Waals surface area contributed by atoms with E-state index in [0.717, 1.165) is 23.5 Å². The lowest BCUT2D eigenvalue weighted by molar-refractivity contribution is -0.696. The van der Waals surface area contributed by atoms with Crippen molar-refractivity contribution in [1.29, 1.82) is 0 Å². The number of carbonyl (C=O) groups is 1. The van der Waals surface area contributed by atoms with Crippen LogP contribution in [0.1, 0.15) is 21.6 Å². The van der Waals surface area contributed by atoms with E-state index in [-0.39, 0.29) is 11.7 Å². The van der Waals surface area contributed by atoms with Gasteiger partial charge in [0, 0.05) is 11.6 Å². The molecule has 3 aromatic rings.